The summed E-state index contributed by atoms with van der Waals surface area (Å²) < 4.78 is 0.611. The fraction of sp³-hybridized carbons (Fsp3) is 0.0588. The maximum Gasteiger partial charge on any atom is 0.266 e. The third-order valence-corrected chi connectivity index (χ3v) is 4.39. The van der Waals surface area contributed by atoms with Crippen LogP contribution in [0.3, 0.4) is 0 Å². The molecule has 4 nitrogen and oxygen atoms in total. The monoisotopic (exact) mass is 424 g/mol. The SMILES string of the molecule is Cc1c(Cl)cccc1NC(=O)/C(C#N)=C/c1cc(Br)cc(Cl)c1O. The molecule has 7 heteroatoms. The zero-order valence-electron chi connectivity index (χ0n) is 12.4. The Kier molecular flexibility index (Phi) is 5.89. The first-order valence-corrected chi connectivity index (χ1v) is 8.24. The van der Waals surface area contributed by atoms with Gasteiger partial charge in [0.05, 0.1) is 5.02 Å². The van der Waals surface area contributed by atoms with Crippen LogP contribution in [0.5, 0.6) is 5.75 Å². The number of nitrogens with one attached hydrogen (secondary N) is 1. The van der Waals surface area contributed by atoms with Gasteiger partial charge in [0.25, 0.3) is 5.91 Å². The molecule has 0 saturated carbocycles. The molecule has 24 heavy (non-hydrogen) atoms. The summed E-state index contributed by atoms with van der Waals surface area (Å²) in [5, 5.41) is 22.5. The maximum atomic E-state index is 12.3. The van der Waals surface area contributed by atoms with Crippen molar-refractivity contribution in [2.75, 3.05) is 5.32 Å². The topological polar surface area (TPSA) is 73.1 Å². The smallest absolute Gasteiger partial charge is 0.266 e. The molecule has 0 atom stereocenters. The van der Waals surface area contributed by atoms with Crippen molar-refractivity contribution in [1.29, 1.82) is 5.26 Å². The Hall–Kier alpha value is -2.00. The second kappa shape index (κ2) is 7.71. The first-order valence-electron chi connectivity index (χ1n) is 6.69. The molecule has 0 aliphatic heterocycles. The number of hydrogen-bond donors (Lipinski definition) is 2. The summed E-state index contributed by atoms with van der Waals surface area (Å²) >= 11 is 15.1. The Morgan fingerprint density at radius 3 is 2.71 bits per heavy atom. The van der Waals surface area contributed by atoms with Gasteiger partial charge in [0.2, 0.25) is 0 Å². The van der Waals surface area contributed by atoms with E-state index in [-0.39, 0.29) is 21.9 Å². The Morgan fingerprint density at radius 1 is 1.33 bits per heavy atom. The van der Waals surface area contributed by atoms with Gasteiger partial charge in [-0.15, -0.1) is 0 Å². The van der Waals surface area contributed by atoms with Crippen LogP contribution in [0.15, 0.2) is 40.4 Å². The van der Waals surface area contributed by atoms with E-state index >= 15 is 0 Å². The molecule has 122 valence electrons. The van der Waals surface area contributed by atoms with Crippen molar-refractivity contribution in [1.82, 2.24) is 0 Å². The second-order valence-corrected chi connectivity index (χ2v) is 6.59. The van der Waals surface area contributed by atoms with Gasteiger partial charge in [-0.25, -0.2) is 0 Å². The van der Waals surface area contributed by atoms with Crippen LogP contribution >= 0.6 is 39.1 Å². The van der Waals surface area contributed by atoms with Crippen molar-refractivity contribution in [3.63, 3.8) is 0 Å². The fourth-order valence-electron chi connectivity index (χ4n) is 1.93. The molecule has 0 saturated heterocycles. The lowest BCUT2D eigenvalue weighted by atomic mass is 10.1. The number of carbonyl (C=O) groups excluding carboxylic acids is 1. The molecule has 1 amide bonds. The van der Waals surface area contributed by atoms with Crippen molar-refractivity contribution < 1.29 is 9.90 Å². The van der Waals surface area contributed by atoms with Crippen LogP contribution in [-0.4, -0.2) is 11.0 Å². The molecule has 2 rings (SSSR count). The number of phenols is 1. The van der Waals surface area contributed by atoms with Crippen LogP contribution in [0.4, 0.5) is 5.69 Å². The summed E-state index contributed by atoms with van der Waals surface area (Å²) in [5.41, 5.74) is 1.27. The number of amides is 1. The van der Waals surface area contributed by atoms with Gasteiger partial charge >= 0.3 is 0 Å². The first kappa shape index (κ1) is 18.3. The number of carbonyl (C=O) groups is 1. The Morgan fingerprint density at radius 2 is 2.04 bits per heavy atom. The third kappa shape index (κ3) is 4.09. The van der Waals surface area contributed by atoms with Gasteiger partial charge in [-0.05, 0) is 42.8 Å². The van der Waals surface area contributed by atoms with E-state index in [1.807, 2.05) is 6.07 Å². The molecule has 0 aliphatic rings. The molecule has 2 aromatic rings. The van der Waals surface area contributed by atoms with Gasteiger partial charge in [0.1, 0.15) is 17.4 Å². The number of nitriles is 1. The van der Waals surface area contributed by atoms with E-state index in [2.05, 4.69) is 21.2 Å². The Balaban J connectivity index is 2.37. The van der Waals surface area contributed by atoms with Crippen molar-refractivity contribution in [2.24, 2.45) is 0 Å². The first-order chi connectivity index (χ1) is 11.3. The number of halogens is 3. The molecule has 0 heterocycles. The summed E-state index contributed by atoms with van der Waals surface area (Å²) in [5.74, 6) is -0.822. The van der Waals surface area contributed by atoms with E-state index in [0.29, 0.717) is 20.7 Å². The number of anilines is 1. The molecule has 0 aromatic heterocycles. The molecule has 2 N–H and O–H groups in total. The molecule has 0 spiro atoms. The molecule has 2 aromatic carbocycles. The van der Waals surface area contributed by atoms with Crippen LogP contribution in [0.25, 0.3) is 6.08 Å². The lowest BCUT2D eigenvalue weighted by Gasteiger charge is -2.09. The average Bonchev–Trinajstić information content (AvgIpc) is 2.53. The van der Waals surface area contributed by atoms with Gasteiger partial charge in [0.15, 0.2) is 0 Å². The zero-order valence-corrected chi connectivity index (χ0v) is 15.5. The normalized spacial score (nSPS) is 11.0. The fourth-order valence-corrected chi connectivity index (χ4v) is 2.94. The zero-order chi connectivity index (χ0) is 17.9. The van der Waals surface area contributed by atoms with Crippen LogP contribution < -0.4 is 5.32 Å². The predicted molar refractivity (Wildman–Crippen MR) is 99.2 cm³/mol. The third-order valence-electron chi connectivity index (χ3n) is 3.24. The molecule has 0 unspecified atom stereocenters. The molecule has 0 fully saturated rings. The number of rotatable bonds is 3. The number of aromatic hydroxyl groups is 1. The number of phenolic OH excluding ortho intramolecular Hbond substituents is 1. The molecule has 0 bridgehead atoms. The minimum atomic E-state index is -0.613. The average molecular weight is 426 g/mol. The van der Waals surface area contributed by atoms with Gasteiger partial charge in [-0.1, -0.05) is 45.2 Å². The minimum Gasteiger partial charge on any atom is -0.506 e. The van der Waals surface area contributed by atoms with Gasteiger partial charge in [-0.3, -0.25) is 4.79 Å². The van der Waals surface area contributed by atoms with E-state index in [1.165, 1.54) is 12.1 Å². The van der Waals surface area contributed by atoms with Gasteiger partial charge < -0.3 is 10.4 Å². The maximum absolute atomic E-state index is 12.3. The standard InChI is InChI=1S/C17H11BrCl2N2O2/c1-9-13(19)3-2-4-15(9)22-17(24)11(8-21)5-10-6-12(18)7-14(20)16(10)23/h2-7,23H,1H3,(H,22,24)/b11-5+. The highest BCUT2D eigenvalue weighted by molar-refractivity contribution is 9.10. The largest absolute Gasteiger partial charge is 0.506 e. The van der Waals surface area contributed by atoms with E-state index in [0.717, 1.165) is 0 Å². The van der Waals surface area contributed by atoms with E-state index in [4.69, 9.17) is 23.2 Å². The van der Waals surface area contributed by atoms with E-state index in [9.17, 15) is 15.2 Å². The van der Waals surface area contributed by atoms with Crippen molar-refractivity contribution >= 4 is 56.8 Å². The molecule has 0 aliphatic carbocycles. The van der Waals surface area contributed by atoms with E-state index in [1.54, 1.807) is 31.2 Å². The van der Waals surface area contributed by atoms with Crippen LogP contribution in [0.1, 0.15) is 11.1 Å². The second-order valence-electron chi connectivity index (χ2n) is 4.86. The van der Waals surface area contributed by atoms with Crippen molar-refractivity contribution in [2.45, 2.75) is 6.92 Å². The minimum absolute atomic E-state index is 0.110. The highest BCUT2D eigenvalue weighted by Gasteiger charge is 2.14. The lowest BCUT2D eigenvalue weighted by Crippen LogP contribution is -2.14. The number of nitrogens with zero attached hydrogens (tertiary/aromatic N) is 1. The van der Waals surface area contributed by atoms with Crippen LogP contribution in [-0.2, 0) is 4.79 Å². The highest BCUT2D eigenvalue weighted by atomic mass is 79.9. The summed E-state index contributed by atoms with van der Waals surface area (Å²) in [4.78, 5) is 12.3. The summed E-state index contributed by atoms with van der Waals surface area (Å²) in [6.07, 6.45) is 1.27. The number of hydrogen-bond acceptors (Lipinski definition) is 3. The summed E-state index contributed by atoms with van der Waals surface area (Å²) in [7, 11) is 0. The molecule has 0 radical (unpaired) electrons. The van der Waals surface area contributed by atoms with Gasteiger partial charge in [-0.2, -0.15) is 5.26 Å². The quantitative estimate of drug-likeness (QED) is 0.516. The molecular formula is C17H11BrCl2N2O2. The Labute approximate surface area is 157 Å². The highest BCUT2D eigenvalue weighted by Crippen LogP contribution is 2.33. The van der Waals surface area contributed by atoms with Crippen molar-refractivity contribution in [3.05, 3.63) is 61.5 Å². The Bertz CT molecular complexity index is 889. The predicted octanol–water partition coefficient (Wildman–Crippen LogP) is 5.32. The van der Waals surface area contributed by atoms with Crippen LogP contribution in [0.2, 0.25) is 10.0 Å². The van der Waals surface area contributed by atoms with Crippen LogP contribution in [0, 0.1) is 18.3 Å². The van der Waals surface area contributed by atoms with E-state index < -0.39 is 5.91 Å². The van der Waals surface area contributed by atoms with Crippen molar-refractivity contribution in [3.8, 4) is 11.8 Å². The van der Waals surface area contributed by atoms with Gasteiger partial charge in [0, 0.05) is 20.7 Å². The summed E-state index contributed by atoms with van der Waals surface area (Å²) in [6, 6.07) is 9.96. The number of benzene rings is 2. The summed E-state index contributed by atoms with van der Waals surface area (Å²) in [6.45, 7) is 1.76. The molecular weight excluding hydrogens is 415 g/mol. The lowest BCUT2D eigenvalue weighted by molar-refractivity contribution is -0.112.